The fourth-order valence-electron chi connectivity index (χ4n) is 1.23. The number of hydrazone groups is 1. The second-order valence-electron chi connectivity index (χ2n) is 3.17. The molecule has 0 saturated carbocycles. The van der Waals surface area contributed by atoms with Crippen LogP contribution in [0.25, 0.3) is 0 Å². The van der Waals surface area contributed by atoms with E-state index in [9.17, 15) is 0 Å². The molecule has 14 heavy (non-hydrogen) atoms. The van der Waals surface area contributed by atoms with Crippen molar-refractivity contribution in [2.45, 2.75) is 26.8 Å². The van der Waals surface area contributed by atoms with E-state index in [4.69, 9.17) is 0 Å². The van der Waals surface area contributed by atoms with E-state index in [0.29, 0.717) is 0 Å². The summed E-state index contributed by atoms with van der Waals surface area (Å²) in [4.78, 5) is 0. The van der Waals surface area contributed by atoms with Crippen LogP contribution in [0.2, 0.25) is 0 Å². The van der Waals surface area contributed by atoms with Crippen molar-refractivity contribution in [3.8, 4) is 0 Å². The van der Waals surface area contributed by atoms with Gasteiger partial charge in [-0.2, -0.15) is 5.10 Å². The van der Waals surface area contributed by atoms with Crippen LogP contribution >= 0.6 is 0 Å². The summed E-state index contributed by atoms with van der Waals surface area (Å²) in [5.41, 5.74) is 1.31. The van der Waals surface area contributed by atoms with Crippen molar-refractivity contribution in [1.29, 1.82) is 0 Å². The monoisotopic (exact) mass is 190 g/mol. The van der Waals surface area contributed by atoms with Gasteiger partial charge >= 0.3 is 0 Å². The lowest BCUT2D eigenvalue weighted by Crippen LogP contribution is -2.16. The molecule has 0 aliphatic rings. The molecule has 2 heteroatoms. The first kappa shape index (κ1) is 10.8. The van der Waals surface area contributed by atoms with E-state index in [-0.39, 0.29) is 0 Å². The number of hydrogen-bond donors (Lipinski definition) is 0. The topological polar surface area (TPSA) is 15.6 Å². The van der Waals surface area contributed by atoms with Crippen LogP contribution < -0.4 is 0 Å². The van der Waals surface area contributed by atoms with Gasteiger partial charge in [0.1, 0.15) is 0 Å². The molecule has 0 amide bonds. The molecular weight excluding hydrogens is 172 g/mol. The number of hydrogen-bond acceptors (Lipinski definition) is 2. The van der Waals surface area contributed by atoms with Crippen molar-refractivity contribution in [3.05, 3.63) is 35.9 Å². The SMILES string of the molecule is CC/C=N\N(CC)Cc1ccccc1. The molecule has 1 aromatic rings. The van der Waals surface area contributed by atoms with Crippen LogP contribution in [0.1, 0.15) is 25.8 Å². The molecule has 1 aromatic carbocycles. The van der Waals surface area contributed by atoms with E-state index < -0.39 is 0 Å². The maximum absolute atomic E-state index is 4.36. The Kier molecular flexibility index (Phi) is 4.76. The molecule has 76 valence electrons. The fourth-order valence-corrected chi connectivity index (χ4v) is 1.23. The minimum absolute atomic E-state index is 0.897. The van der Waals surface area contributed by atoms with E-state index in [2.05, 4.69) is 48.2 Å². The van der Waals surface area contributed by atoms with E-state index in [1.54, 1.807) is 0 Å². The van der Waals surface area contributed by atoms with Gasteiger partial charge in [0.15, 0.2) is 0 Å². The summed E-state index contributed by atoms with van der Waals surface area (Å²) in [7, 11) is 0. The Morgan fingerprint density at radius 3 is 2.50 bits per heavy atom. The molecular formula is C12H18N2. The van der Waals surface area contributed by atoms with Crippen molar-refractivity contribution < 1.29 is 0 Å². The predicted octanol–water partition coefficient (Wildman–Crippen LogP) is 2.90. The van der Waals surface area contributed by atoms with E-state index >= 15 is 0 Å². The summed E-state index contributed by atoms with van der Waals surface area (Å²) < 4.78 is 0. The maximum Gasteiger partial charge on any atom is 0.0610 e. The lowest BCUT2D eigenvalue weighted by Gasteiger charge is -2.16. The van der Waals surface area contributed by atoms with E-state index in [1.807, 2.05) is 12.3 Å². The highest BCUT2D eigenvalue weighted by Crippen LogP contribution is 2.03. The minimum Gasteiger partial charge on any atom is -0.293 e. The standard InChI is InChI=1S/C12H18N2/c1-3-10-13-14(4-2)11-12-8-6-5-7-9-12/h5-10H,3-4,11H2,1-2H3/b13-10-. The van der Waals surface area contributed by atoms with Gasteiger partial charge < -0.3 is 0 Å². The fraction of sp³-hybridized carbons (Fsp3) is 0.417. The Balaban J connectivity index is 2.53. The van der Waals surface area contributed by atoms with Crippen molar-refractivity contribution in [1.82, 2.24) is 5.01 Å². The lowest BCUT2D eigenvalue weighted by molar-refractivity contribution is 0.297. The highest BCUT2D eigenvalue weighted by Gasteiger charge is 1.97. The largest absolute Gasteiger partial charge is 0.293 e. The van der Waals surface area contributed by atoms with Crippen molar-refractivity contribution in [3.63, 3.8) is 0 Å². The smallest absolute Gasteiger partial charge is 0.0610 e. The summed E-state index contributed by atoms with van der Waals surface area (Å²) in [6, 6.07) is 10.4. The van der Waals surface area contributed by atoms with Gasteiger partial charge in [-0.25, -0.2) is 0 Å². The molecule has 0 heterocycles. The lowest BCUT2D eigenvalue weighted by atomic mass is 10.2. The minimum atomic E-state index is 0.897. The van der Waals surface area contributed by atoms with Crippen LogP contribution in [0.3, 0.4) is 0 Å². The molecule has 0 bridgehead atoms. The predicted molar refractivity (Wildman–Crippen MR) is 61.3 cm³/mol. The van der Waals surface area contributed by atoms with Gasteiger partial charge in [0.25, 0.3) is 0 Å². The third-order valence-electron chi connectivity index (χ3n) is 2.00. The summed E-state index contributed by atoms with van der Waals surface area (Å²) in [6.45, 7) is 6.06. The molecule has 1 rings (SSSR count). The Hall–Kier alpha value is -1.31. The summed E-state index contributed by atoms with van der Waals surface area (Å²) >= 11 is 0. The molecule has 0 atom stereocenters. The molecule has 0 spiro atoms. The van der Waals surface area contributed by atoms with Crippen LogP contribution in [-0.2, 0) is 6.54 Å². The van der Waals surface area contributed by atoms with E-state index in [1.165, 1.54) is 5.56 Å². The molecule has 0 aliphatic carbocycles. The first-order valence-corrected chi connectivity index (χ1v) is 5.18. The van der Waals surface area contributed by atoms with Gasteiger partial charge in [-0.1, -0.05) is 37.3 Å². The maximum atomic E-state index is 4.36. The van der Waals surface area contributed by atoms with Crippen molar-refractivity contribution >= 4 is 6.21 Å². The van der Waals surface area contributed by atoms with Crippen molar-refractivity contribution in [2.75, 3.05) is 6.54 Å². The van der Waals surface area contributed by atoms with Crippen LogP contribution in [0.15, 0.2) is 35.4 Å². The summed E-state index contributed by atoms with van der Waals surface area (Å²) in [6.07, 6.45) is 2.94. The number of nitrogens with zero attached hydrogens (tertiary/aromatic N) is 2. The average molecular weight is 190 g/mol. The van der Waals surface area contributed by atoms with Crippen LogP contribution in [0.5, 0.6) is 0 Å². The summed E-state index contributed by atoms with van der Waals surface area (Å²) in [5, 5.41) is 6.43. The van der Waals surface area contributed by atoms with Crippen molar-refractivity contribution in [2.24, 2.45) is 5.10 Å². The zero-order valence-electron chi connectivity index (χ0n) is 8.98. The average Bonchev–Trinajstić information content (AvgIpc) is 2.25. The van der Waals surface area contributed by atoms with Crippen LogP contribution in [-0.4, -0.2) is 17.8 Å². The molecule has 0 aliphatic heterocycles. The zero-order valence-corrected chi connectivity index (χ0v) is 8.98. The molecule has 0 saturated heterocycles. The van der Waals surface area contributed by atoms with Gasteiger partial charge in [-0.3, -0.25) is 5.01 Å². The highest BCUT2D eigenvalue weighted by molar-refractivity contribution is 5.56. The third kappa shape index (κ3) is 3.60. The Morgan fingerprint density at radius 2 is 1.93 bits per heavy atom. The van der Waals surface area contributed by atoms with Gasteiger partial charge in [-0.05, 0) is 18.9 Å². The molecule has 0 N–H and O–H groups in total. The second-order valence-corrected chi connectivity index (χ2v) is 3.17. The van der Waals surface area contributed by atoms with E-state index in [0.717, 1.165) is 19.5 Å². The third-order valence-corrected chi connectivity index (χ3v) is 2.00. The zero-order chi connectivity index (χ0) is 10.2. The summed E-state index contributed by atoms with van der Waals surface area (Å²) in [5.74, 6) is 0. The number of benzene rings is 1. The molecule has 2 nitrogen and oxygen atoms in total. The first-order chi connectivity index (χ1) is 6.86. The van der Waals surface area contributed by atoms with Gasteiger partial charge in [0.05, 0.1) is 6.54 Å². The second kappa shape index (κ2) is 6.19. The Labute approximate surface area is 86.2 Å². The Morgan fingerprint density at radius 1 is 1.21 bits per heavy atom. The Bertz CT molecular complexity index is 267. The normalized spacial score (nSPS) is 10.7. The number of rotatable bonds is 5. The molecule has 0 aromatic heterocycles. The van der Waals surface area contributed by atoms with Gasteiger partial charge in [-0.15, -0.1) is 0 Å². The molecule has 0 unspecified atom stereocenters. The van der Waals surface area contributed by atoms with Crippen LogP contribution in [0.4, 0.5) is 0 Å². The molecule has 0 fully saturated rings. The highest BCUT2D eigenvalue weighted by atomic mass is 15.4. The molecule has 0 radical (unpaired) electrons. The van der Waals surface area contributed by atoms with Gasteiger partial charge in [0.2, 0.25) is 0 Å². The van der Waals surface area contributed by atoms with Crippen LogP contribution in [0, 0.1) is 0 Å². The first-order valence-electron chi connectivity index (χ1n) is 5.18. The van der Waals surface area contributed by atoms with Gasteiger partial charge in [0, 0.05) is 12.8 Å². The quantitative estimate of drug-likeness (QED) is 0.515.